The molecule has 168 valence electrons. The van der Waals surface area contributed by atoms with Gasteiger partial charge in [0.1, 0.15) is 23.0 Å². The van der Waals surface area contributed by atoms with Gasteiger partial charge in [0.25, 0.3) is 0 Å². The third-order valence-electron chi connectivity index (χ3n) is 6.11. The fourth-order valence-electron chi connectivity index (χ4n) is 4.50. The number of nitrogens with two attached hydrogens (primary N) is 1. The summed E-state index contributed by atoms with van der Waals surface area (Å²) in [5.41, 5.74) is 8.15. The summed E-state index contributed by atoms with van der Waals surface area (Å²) in [4.78, 5) is 15.4. The van der Waals surface area contributed by atoms with E-state index in [9.17, 15) is 10.1 Å². The van der Waals surface area contributed by atoms with Gasteiger partial charge < -0.3 is 24.4 Å². The zero-order chi connectivity index (χ0) is 22.9. The van der Waals surface area contributed by atoms with Crippen molar-refractivity contribution in [1.29, 1.82) is 5.26 Å². The van der Waals surface area contributed by atoms with Crippen molar-refractivity contribution in [2.24, 2.45) is 5.73 Å². The lowest BCUT2D eigenvalue weighted by atomic mass is 9.83. The maximum absolute atomic E-state index is 13.1. The summed E-state index contributed by atoms with van der Waals surface area (Å²) >= 11 is 0. The van der Waals surface area contributed by atoms with Crippen molar-refractivity contribution in [2.75, 3.05) is 33.4 Å². The molecule has 2 N–H and O–H groups in total. The first-order chi connectivity index (χ1) is 16.1. The van der Waals surface area contributed by atoms with Gasteiger partial charge in [-0.2, -0.15) is 5.26 Å². The molecule has 0 spiro atoms. The van der Waals surface area contributed by atoms with Crippen LogP contribution in [0, 0.1) is 11.3 Å². The molecule has 0 aliphatic carbocycles. The minimum absolute atomic E-state index is 0.0173. The van der Waals surface area contributed by atoms with Gasteiger partial charge in [0.2, 0.25) is 5.88 Å². The van der Waals surface area contributed by atoms with Crippen molar-refractivity contribution in [3.05, 3.63) is 81.0 Å². The molecular weight excluding hydrogens is 422 g/mol. The molecule has 0 bridgehead atoms. The van der Waals surface area contributed by atoms with Crippen LogP contribution in [0.5, 0.6) is 11.5 Å². The number of hydrogen-bond donors (Lipinski definition) is 1. The highest BCUT2D eigenvalue weighted by Crippen LogP contribution is 2.44. The van der Waals surface area contributed by atoms with Crippen LogP contribution in [0.25, 0.3) is 11.0 Å². The highest BCUT2D eigenvalue weighted by Gasteiger charge is 2.35. The van der Waals surface area contributed by atoms with E-state index in [0.717, 1.165) is 30.0 Å². The van der Waals surface area contributed by atoms with Crippen molar-refractivity contribution >= 4 is 11.0 Å². The van der Waals surface area contributed by atoms with Crippen LogP contribution in [0.1, 0.15) is 22.6 Å². The molecule has 0 amide bonds. The maximum atomic E-state index is 13.1. The Labute approximate surface area is 190 Å². The molecule has 0 radical (unpaired) electrons. The molecule has 8 nitrogen and oxygen atoms in total. The second-order valence-electron chi connectivity index (χ2n) is 8.01. The fourth-order valence-corrected chi connectivity index (χ4v) is 4.50. The lowest BCUT2D eigenvalue weighted by Crippen LogP contribution is -2.35. The van der Waals surface area contributed by atoms with Crippen LogP contribution in [0.2, 0.25) is 0 Å². The Balaban J connectivity index is 1.67. The van der Waals surface area contributed by atoms with E-state index in [1.807, 2.05) is 24.3 Å². The number of hydrogen-bond acceptors (Lipinski definition) is 8. The molecule has 3 heterocycles. The van der Waals surface area contributed by atoms with Crippen molar-refractivity contribution in [2.45, 2.75) is 12.5 Å². The lowest BCUT2D eigenvalue weighted by molar-refractivity contribution is 0.0339. The molecular formula is C25H23N3O5. The summed E-state index contributed by atoms with van der Waals surface area (Å²) in [5.74, 6) is 0.331. The Morgan fingerprint density at radius 3 is 2.76 bits per heavy atom. The molecule has 0 saturated carbocycles. The molecule has 33 heavy (non-hydrogen) atoms. The normalized spacial score (nSPS) is 18.5. The zero-order valence-corrected chi connectivity index (χ0v) is 18.2. The summed E-state index contributed by atoms with van der Waals surface area (Å²) in [6.45, 7) is 3.66. The zero-order valence-electron chi connectivity index (χ0n) is 18.2. The first-order valence-electron chi connectivity index (χ1n) is 10.7. The van der Waals surface area contributed by atoms with E-state index in [1.165, 1.54) is 0 Å². The predicted octanol–water partition coefficient (Wildman–Crippen LogP) is 2.85. The molecule has 0 unspecified atom stereocenters. The van der Waals surface area contributed by atoms with Crippen LogP contribution >= 0.6 is 0 Å². The van der Waals surface area contributed by atoms with Gasteiger partial charge in [0.05, 0.1) is 37.2 Å². The van der Waals surface area contributed by atoms with Crippen molar-refractivity contribution < 1.29 is 18.6 Å². The highest BCUT2D eigenvalue weighted by molar-refractivity contribution is 5.86. The number of para-hydroxylation sites is 1. The van der Waals surface area contributed by atoms with Crippen LogP contribution in [0.3, 0.4) is 0 Å². The number of benzene rings is 2. The Morgan fingerprint density at radius 2 is 2.00 bits per heavy atom. The van der Waals surface area contributed by atoms with E-state index in [-0.39, 0.29) is 17.0 Å². The van der Waals surface area contributed by atoms with Gasteiger partial charge in [0, 0.05) is 25.2 Å². The SMILES string of the molecule is COc1ccc([C@@H]2C(C#N)=C(N)Oc3c2c(=O)oc2ccccc32)cc1CN1CCOCC1. The van der Waals surface area contributed by atoms with E-state index < -0.39 is 11.5 Å². The molecule has 2 aliphatic heterocycles. The van der Waals surface area contributed by atoms with E-state index in [0.29, 0.717) is 36.5 Å². The predicted molar refractivity (Wildman–Crippen MR) is 121 cm³/mol. The first kappa shape index (κ1) is 21.1. The number of nitriles is 1. The van der Waals surface area contributed by atoms with E-state index >= 15 is 0 Å². The van der Waals surface area contributed by atoms with Gasteiger partial charge in [-0.15, -0.1) is 0 Å². The third kappa shape index (κ3) is 3.71. The Morgan fingerprint density at radius 1 is 1.21 bits per heavy atom. The molecule has 1 aromatic heterocycles. The number of morpholine rings is 1. The second kappa shape index (κ2) is 8.62. The van der Waals surface area contributed by atoms with Gasteiger partial charge in [-0.05, 0) is 29.8 Å². The number of ether oxygens (including phenoxy) is 3. The van der Waals surface area contributed by atoms with Crippen molar-refractivity contribution in [1.82, 2.24) is 4.90 Å². The third-order valence-corrected chi connectivity index (χ3v) is 6.11. The van der Waals surface area contributed by atoms with Crippen LogP contribution in [0.15, 0.2) is 63.1 Å². The minimum Gasteiger partial charge on any atom is -0.496 e. The number of nitrogens with zero attached hydrogens (tertiary/aromatic N) is 2. The van der Waals surface area contributed by atoms with Gasteiger partial charge in [-0.1, -0.05) is 18.2 Å². The molecule has 5 rings (SSSR count). The van der Waals surface area contributed by atoms with Crippen molar-refractivity contribution in [3.63, 3.8) is 0 Å². The highest BCUT2D eigenvalue weighted by atomic mass is 16.5. The topological polar surface area (TPSA) is 111 Å². The average Bonchev–Trinajstić information content (AvgIpc) is 2.84. The Hall–Kier alpha value is -3.80. The van der Waals surface area contributed by atoms with E-state index in [2.05, 4.69) is 11.0 Å². The van der Waals surface area contributed by atoms with E-state index in [4.69, 9.17) is 24.4 Å². The van der Waals surface area contributed by atoms with Crippen LogP contribution in [-0.4, -0.2) is 38.3 Å². The van der Waals surface area contributed by atoms with Crippen LogP contribution < -0.4 is 20.8 Å². The summed E-state index contributed by atoms with van der Waals surface area (Å²) < 4.78 is 22.4. The smallest absolute Gasteiger partial charge is 0.344 e. The quantitative estimate of drug-likeness (QED) is 0.611. The lowest BCUT2D eigenvalue weighted by Gasteiger charge is -2.29. The number of fused-ring (bicyclic) bond motifs is 3. The van der Waals surface area contributed by atoms with Gasteiger partial charge >= 0.3 is 5.63 Å². The standard InChI is InChI=1S/C25H23N3O5/c1-30-19-7-6-15(12-16(19)14-28-8-10-31-11-9-28)21-18(13-26)24(27)33-23-17-4-2-3-5-20(17)32-25(29)22(21)23/h2-7,12,21H,8-11,14,27H2,1H3/t21-/m1/s1. The van der Waals surface area contributed by atoms with Gasteiger partial charge in [0.15, 0.2) is 5.75 Å². The Bertz CT molecular complexity index is 1350. The fraction of sp³-hybridized carbons (Fsp3) is 0.280. The summed E-state index contributed by atoms with van der Waals surface area (Å²) in [6.07, 6.45) is 0. The van der Waals surface area contributed by atoms with E-state index in [1.54, 1.807) is 25.3 Å². The Kier molecular flexibility index (Phi) is 5.50. The van der Waals surface area contributed by atoms with Gasteiger partial charge in [-0.3, -0.25) is 4.90 Å². The van der Waals surface area contributed by atoms with Crippen LogP contribution in [0.4, 0.5) is 0 Å². The molecule has 3 aromatic rings. The first-order valence-corrected chi connectivity index (χ1v) is 10.7. The summed E-state index contributed by atoms with van der Waals surface area (Å²) in [5, 5.41) is 10.5. The minimum atomic E-state index is -0.714. The molecule has 1 saturated heterocycles. The number of methoxy groups -OCH3 is 1. The summed E-state index contributed by atoms with van der Waals surface area (Å²) in [7, 11) is 1.63. The summed E-state index contributed by atoms with van der Waals surface area (Å²) in [6, 6.07) is 14.9. The average molecular weight is 445 g/mol. The molecule has 2 aromatic carbocycles. The molecule has 1 atom stereocenters. The van der Waals surface area contributed by atoms with Gasteiger partial charge in [-0.25, -0.2) is 4.79 Å². The monoisotopic (exact) mass is 445 g/mol. The molecule has 8 heteroatoms. The number of allylic oxidation sites excluding steroid dienone is 1. The largest absolute Gasteiger partial charge is 0.496 e. The van der Waals surface area contributed by atoms with Crippen LogP contribution in [-0.2, 0) is 11.3 Å². The van der Waals surface area contributed by atoms with Crippen molar-refractivity contribution in [3.8, 4) is 17.6 Å². The molecule has 2 aliphatic rings. The molecule has 1 fully saturated rings. The maximum Gasteiger partial charge on any atom is 0.344 e. The number of rotatable bonds is 4. The second-order valence-corrected chi connectivity index (χ2v) is 8.01.